The molecule has 0 bridgehead atoms. The van der Waals surface area contributed by atoms with Crippen molar-refractivity contribution in [2.75, 3.05) is 0 Å². The van der Waals surface area contributed by atoms with Crippen molar-refractivity contribution in [1.82, 2.24) is 19.7 Å². The number of pyridine rings is 1. The molecule has 0 atom stereocenters. The van der Waals surface area contributed by atoms with E-state index in [0.29, 0.717) is 6.54 Å². The van der Waals surface area contributed by atoms with Gasteiger partial charge in [0.05, 0.1) is 17.5 Å². The molecule has 0 spiro atoms. The fraction of sp³-hybridized carbons (Fsp3) is 0.438. The van der Waals surface area contributed by atoms with Crippen molar-refractivity contribution in [3.05, 3.63) is 46.8 Å². The van der Waals surface area contributed by atoms with Gasteiger partial charge in [0.2, 0.25) is 0 Å². The highest BCUT2D eigenvalue weighted by Crippen LogP contribution is 2.19. The lowest BCUT2D eigenvalue weighted by Crippen LogP contribution is -2.37. The second kappa shape index (κ2) is 6.25. The van der Waals surface area contributed by atoms with Crippen molar-refractivity contribution in [3.8, 4) is 0 Å². The summed E-state index contributed by atoms with van der Waals surface area (Å²) in [5.41, 5.74) is 2.93. The molecule has 0 N–H and O–H groups in total. The minimum atomic E-state index is -0.599. The molecule has 118 valence electrons. The highest BCUT2D eigenvalue weighted by molar-refractivity contribution is 5.94. The van der Waals surface area contributed by atoms with Gasteiger partial charge < -0.3 is 4.90 Å². The third-order valence-corrected chi connectivity index (χ3v) is 3.87. The molecule has 6 heteroatoms. The van der Waals surface area contributed by atoms with Crippen LogP contribution in [0, 0.1) is 19.7 Å². The highest BCUT2D eigenvalue weighted by atomic mass is 19.1. The van der Waals surface area contributed by atoms with Gasteiger partial charge in [0.25, 0.3) is 5.91 Å². The van der Waals surface area contributed by atoms with Gasteiger partial charge in [0, 0.05) is 37.1 Å². The van der Waals surface area contributed by atoms with Gasteiger partial charge in [-0.15, -0.1) is 0 Å². The van der Waals surface area contributed by atoms with E-state index in [-0.39, 0.29) is 17.5 Å². The zero-order chi connectivity index (χ0) is 16.4. The summed E-state index contributed by atoms with van der Waals surface area (Å²) in [6, 6.07) is 1.36. The van der Waals surface area contributed by atoms with Crippen molar-refractivity contribution < 1.29 is 9.18 Å². The van der Waals surface area contributed by atoms with Crippen LogP contribution in [0.4, 0.5) is 4.39 Å². The van der Waals surface area contributed by atoms with Gasteiger partial charge in [-0.25, -0.2) is 4.39 Å². The van der Waals surface area contributed by atoms with E-state index < -0.39 is 5.82 Å². The van der Waals surface area contributed by atoms with Crippen LogP contribution >= 0.6 is 0 Å². The van der Waals surface area contributed by atoms with Crippen LogP contribution in [0.25, 0.3) is 0 Å². The number of halogens is 1. The van der Waals surface area contributed by atoms with E-state index in [1.165, 1.54) is 12.3 Å². The Bertz CT molecular complexity index is 693. The lowest BCUT2D eigenvalue weighted by molar-refractivity contribution is 0.0684. The Kier molecular flexibility index (Phi) is 4.59. The first-order chi connectivity index (χ1) is 10.3. The molecule has 2 rings (SSSR count). The fourth-order valence-corrected chi connectivity index (χ4v) is 2.41. The number of carbonyl (C=O) groups is 1. The molecule has 22 heavy (non-hydrogen) atoms. The number of amides is 1. The van der Waals surface area contributed by atoms with Crippen LogP contribution < -0.4 is 0 Å². The minimum absolute atomic E-state index is 0.0443. The van der Waals surface area contributed by atoms with Gasteiger partial charge in [-0.2, -0.15) is 5.10 Å². The molecule has 2 aromatic rings. The molecule has 0 unspecified atom stereocenters. The quantitative estimate of drug-likeness (QED) is 0.872. The molecule has 0 aliphatic rings. The first kappa shape index (κ1) is 16.1. The summed E-state index contributed by atoms with van der Waals surface area (Å²) in [5, 5.41) is 4.37. The maximum absolute atomic E-state index is 13.8. The summed E-state index contributed by atoms with van der Waals surface area (Å²) in [7, 11) is 1.87. The van der Waals surface area contributed by atoms with E-state index in [1.807, 2.05) is 34.7 Å². The van der Waals surface area contributed by atoms with Crippen LogP contribution in [-0.2, 0) is 13.6 Å². The summed E-state index contributed by atoms with van der Waals surface area (Å²) >= 11 is 0. The Labute approximate surface area is 129 Å². The molecule has 0 saturated heterocycles. The number of hydrogen-bond donors (Lipinski definition) is 0. The molecule has 0 radical (unpaired) electrons. The average Bonchev–Trinajstić information content (AvgIpc) is 2.69. The summed E-state index contributed by atoms with van der Waals surface area (Å²) in [6.07, 6.45) is 2.49. The summed E-state index contributed by atoms with van der Waals surface area (Å²) in [4.78, 5) is 18.0. The Morgan fingerprint density at radius 3 is 2.59 bits per heavy atom. The van der Waals surface area contributed by atoms with E-state index in [1.54, 1.807) is 9.58 Å². The van der Waals surface area contributed by atoms with Crippen molar-refractivity contribution in [2.45, 2.75) is 40.3 Å². The zero-order valence-electron chi connectivity index (χ0n) is 13.6. The Hall–Kier alpha value is -2.24. The molecule has 2 aromatic heterocycles. The second-order valence-corrected chi connectivity index (χ2v) is 5.66. The zero-order valence-corrected chi connectivity index (χ0v) is 13.6. The van der Waals surface area contributed by atoms with Crippen molar-refractivity contribution in [3.63, 3.8) is 0 Å². The standard InChI is InChI=1S/C16H21FN4O/c1-10(2)21(9-14-11(3)19-20(5)12(14)4)16(22)13-6-7-18-8-15(13)17/h6-8,10H,9H2,1-5H3. The van der Waals surface area contributed by atoms with E-state index >= 15 is 0 Å². The predicted octanol–water partition coefficient (Wildman–Crippen LogP) is 2.62. The van der Waals surface area contributed by atoms with Gasteiger partial charge in [-0.1, -0.05) is 0 Å². The molecular formula is C16H21FN4O. The van der Waals surface area contributed by atoms with Gasteiger partial charge in [-0.05, 0) is 33.8 Å². The van der Waals surface area contributed by atoms with E-state index in [9.17, 15) is 9.18 Å². The minimum Gasteiger partial charge on any atom is -0.332 e. The molecule has 0 fully saturated rings. The molecule has 5 nitrogen and oxygen atoms in total. The summed E-state index contributed by atoms with van der Waals surface area (Å²) < 4.78 is 15.6. The molecule has 1 amide bonds. The molecular weight excluding hydrogens is 283 g/mol. The van der Waals surface area contributed by atoms with E-state index in [2.05, 4.69) is 10.1 Å². The van der Waals surface area contributed by atoms with Crippen LogP contribution in [0.5, 0.6) is 0 Å². The molecule has 0 saturated carbocycles. The van der Waals surface area contributed by atoms with Crippen molar-refractivity contribution in [1.29, 1.82) is 0 Å². The maximum Gasteiger partial charge on any atom is 0.257 e. The predicted molar refractivity (Wildman–Crippen MR) is 81.9 cm³/mol. The normalized spacial score (nSPS) is 11.0. The Morgan fingerprint density at radius 1 is 1.41 bits per heavy atom. The number of aromatic nitrogens is 3. The number of aryl methyl sites for hydroxylation is 2. The van der Waals surface area contributed by atoms with E-state index in [4.69, 9.17) is 0 Å². The number of carbonyl (C=O) groups excluding carboxylic acids is 1. The van der Waals surface area contributed by atoms with Gasteiger partial charge >= 0.3 is 0 Å². The number of nitrogens with zero attached hydrogens (tertiary/aromatic N) is 4. The Balaban J connectivity index is 2.35. The third-order valence-electron chi connectivity index (χ3n) is 3.87. The van der Waals surface area contributed by atoms with Crippen LogP contribution in [0.3, 0.4) is 0 Å². The smallest absolute Gasteiger partial charge is 0.257 e. The second-order valence-electron chi connectivity index (χ2n) is 5.66. The third kappa shape index (κ3) is 3.00. The lowest BCUT2D eigenvalue weighted by atomic mass is 10.1. The fourth-order valence-electron chi connectivity index (χ4n) is 2.41. The van der Waals surface area contributed by atoms with Gasteiger partial charge in [0.1, 0.15) is 0 Å². The van der Waals surface area contributed by atoms with Crippen molar-refractivity contribution in [2.24, 2.45) is 7.05 Å². The molecule has 2 heterocycles. The monoisotopic (exact) mass is 304 g/mol. The lowest BCUT2D eigenvalue weighted by Gasteiger charge is -2.27. The molecule has 0 aliphatic heterocycles. The first-order valence-electron chi connectivity index (χ1n) is 7.22. The van der Waals surface area contributed by atoms with Crippen LogP contribution in [0.15, 0.2) is 18.5 Å². The van der Waals surface area contributed by atoms with E-state index in [0.717, 1.165) is 23.1 Å². The summed E-state index contributed by atoms with van der Waals surface area (Å²) in [5.74, 6) is -0.935. The van der Waals surface area contributed by atoms with Crippen LogP contribution in [-0.4, -0.2) is 31.6 Å². The van der Waals surface area contributed by atoms with Crippen molar-refractivity contribution >= 4 is 5.91 Å². The number of hydrogen-bond acceptors (Lipinski definition) is 3. The summed E-state index contributed by atoms with van der Waals surface area (Å²) in [6.45, 7) is 8.11. The Morgan fingerprint density at radius 2 is 2.09 bits per heavy atom. The van der Waals surface area contributed by atoms with Gasteiger partial charge in [-0.3, -0.25) is 14.5 Å². The highest BCUT2D eigenvalue weighted by Gasteiger charge is 2.24. The van der Waals surface area contributed by atoms with Crippen LogP contribution in [0.2, 0.25) is 0 Å². The molecule has 0 aromatic carbocycles. The molecule has 0 aliphatic carbocycles. The maximum atomic E-state index is 13.8. The average molecular weight is 304 g/mol. The van der Waals surface area contributed by atoms with Gasteiger partial charge in [0.15, 0.2) is 5.82 Å². The number of rotatable bonds is 4. The first-order valence-corrected chi connectivity index (χ1v) is 7.22. The largest absolute Gasteiger partial charge is 0.332 e. The topological polar surface area (TPSA) is 51.0 Å². The SMILES string of the molecule is Cc1nn(C)c(C)c1CN(C(=O)c1ccncc1F)C(C)C. The van der Waals surface area contributed by atoms with Crippen LogP contribution in [0.1, 0.15) is 41.2 Å².